The van der Waals surface area contributed by atoms with E-state index >= 15 is 0 Å². The van der Waals surface area contributed by atoms with Crippen molar-refractivity contribution in [3.05, 3.63) is 102 Å². The summed E-state index contributed by atoms with van der Waals surface area (Å²) in [5, 5.41) is 21.4. The SMILES string of the molecule is N#CC[C@@H](CC(=O)N[C@@H](C#N)c1ccc(OCc2ccccc2)cc1)c1ccccc1. The highest BCUT2D eigenvalue weighted by Crippen LogP contribution is 2.24. The van der Waals surface area contributed by atoms with Gasteiger partial charge in [-0.05, 0) is 28.8 Å². The Kier molecular flexibility index (Phi) is 7.80. The van der Waals surface area contributed by atoms with Crippen molar-refractivity contribution >= 4 is 5.91 Å². The van der Waals surface area contributed by atoms with E-state index in [0.717, 1.165) is 11.1 Å². The van der Waals surface area contributed by atoms with Crippen molar-refractivity contribution in [2.45, 2.75) is 31.4 Å². The second-order valence-electron chi connectivity index (χ2n) is 7.15. The third-order valence-corrected chi connectivity index (χ3v) is 4.94. The van der Waals surface area contributed by atoms with Crippen molar-refractivity contribution in [2.24, 2.45) is 0 Å². The zero-order valence-electron chi connectivity index (χ0n) is 17.1. The first-order valence-electron chi connectivity index (χ1n) is 10.1. The second kappa shape index (κ2) is 11.2. The first kappa shape index (κ1) is 21.6. The Hall–Kier alpha value is -4.09. The van der Waals surface area contributed by atoms with Gasteiger partial charge in [-0.15, -0.1) is 0 Å². The van der Waals surface area contributed by atoms with Gasteiger partial charge in [0.25, 0.3) is 0 Å². The number of ether oxygens (including phenoxy) is 1. The number of hydrogen-bond donors (Lipinski definition) is 1. The van der Waals surface area contributed by atoms with Gasteiger partial charge in [0, 0.05) is 18.8 Å². The summed E-state index contributed by atoms with van der Waals surface area (Å²) in [5.74, 6) is 0.216. The quantitative estimate of drug-likeness (QED) is 0.537. The summed E-state index contributed by atoms with van der Waals surface area (Å²) in [5.41, 5.74) is 2.69. The van der Waals surface area contributed by atoms with Crippen LogP contribution in [0.15, 0.2) is 84.9 Å². The van der Waals surface area contributed by atoms with E-state index in [-0.39, 0.29) is 24.7 Å². The molecule has 0 saturated heterocycles. The minimum atomic E-state index is -0.769. The molecular formula is C26H23N3O2. The normalized spacial score (nSPS) is 12.1. The minimum Gasteiger partial charge on any atom is -0.489 e. The van der Waals surface area contributed by atoms with Crippen LogP contribution in [0.2, 0.25) is 0 Å². The summed E-state index contributed by atoms with van der Waals surface area (Å²) in [6.45, 7) is 0.457. The maximum absolute atomic E-state index is 12.6. The lowest BCUT2D eigenvalue weighted by atomic mass is 9.92. The maximum Gasteiger partial charge on any atom is 0.221 e. The van der Waals surface area contributed by atoms with Gasteiger partial charge in [0.05, 0.1) is 12.1 Å². The molecule has 31 heavy (non-hydrogen) atoms. The highest BCUT2D eigenvalue weighted by atomic mass is 16.5. The van der Waals surface area contributed by atoms with E-state index in [9.17, 15) is 10.1 Å². The van der Waals surface area contributed by atoms with E-state index in [4.69, 9.17) is 10.00 Å². The molecule has 0 fully saturated rings. The van der Waals surface area contributed by atoms with Crippen molar-refractivity contribution in [3.8, 4) is 17.9 Å². The smallest absolute Gasteiger partial charge is 0.221 e. The molecule has 0 bridgehead atoms. The molecule has 0 aliphatic carbocycles. The van der Waals surface area contributed by atoms with E-state index in [1.807, 2.05) is 60.7 Å². The largest absolute Gasteiger partial charge is 0.489 e. The van der Waals surface area contributed by atoms with Gasteiger partial charge in [-0.1, -0.05) is 72.8 Å². The van der Waals surface area contributed by atoms with E-state index in [2.05, 4.69) is 17.5 Å². The number of hydrogen-bond acceptors (Lipinski definition) is 4. The van der Waals surface area contributed by atoms with Crippen LogP contribution in [0.5, 0.6) is 5.75 Å². The molecule has 0 heterocycles. The number of nitrogens with zero attached hydrogens (tertiary/aromatic N) is 2. The molecule has 0 saturated carbocycles. The lowest BCUT2D eigenvalue weighted by molar-refractivity contribution is -0.121. The van der Waals surface area contributed by atoms with Gasteiger partial charge in [-0.2, -0.15) is 10.5 Å². The average Bonchev–Trinajstić information content (AvgIpc) is 2.82. The number of carbonyl (C=O) groups excluding carboxylic acids is 1. The Morgan fingerprint density at radius 3 is 2.13 bits per heavy atom. The summed E-state index contributed by atoms with van der Waals surface area (Å²) in [6, 6.07) is 30.0. The first-order chi connectivity index (χ1) is 15.2. The van der Waals surface area contributed by atoms with Crippen LogP contribution < -0.4 is 10.1 Å². The first-order valence-corrected chi connectivity index (χ1v) is 10.1. The van der Waals surface area contributed by atoms with Crippen LogP contribution in [0, 0.1) is 22.7 Å². The fraction of sp³-hybridized carbons (Fsp3) is 0.192. The molecule has 0 aromatic heterocycles. The molecule has 3 aromatic rings. The summed E-state index contributed by atoms with van der Waals surface area (Å²) in [6.07, 6.45) is 0.385. The van der Waals surface area contributed by atoms with E-state index in [1.54, 1.807) is 24.3 Å². The van der Waals surface area contributed by atoms with Gasteiger partial charge in [0.15, 0.2) is 0 Å². The van der Waals surface area contributed by atoms with Crippen molar-refractivity contribution in [2.75, 3.05) is 0 Å². The van der Waals surface area contributed by atoms with Gasteiger partial charge in [0.2, 0.25) is 5.91 Å². The number of nitriles is 2. The third-order valence-electron chi connectivity index (χ3n) is 4.94. The Balaban J connectivity index is 1.59. The van der Waals surface area contributed by atoms with Gasteiger partial charge in [-0.3, -0.25) is 4.79 Å². The highest BCUT2D eigenvalue weighted by Gasteiger charge is 2.19. The summed E-state index contributed by atoms with van der Waals surface area (Å²) in [4.78, 5) is 12.6. The predicted molar refractivity (Wildman–Crippen MR) is 118 cm³/mol. The fourth-order valence-electron chi connectivity index (χ4n) is 3.27. The van der Waals surface area contributed by atoms with Crippen LogP contribution in [-0.2, 0) is 11.4 Å². The molecule has 0 aliphatic rings. The molecule has 0 spiro atoms. The van der Waals surface area contributed by atoms with Gasteiger partial charge in [0.1, 0.15) is 18.4 Å². The molecule has 0 unspecified atom stereocenters. The summed E-state index contributed by atoms with van der Waals surface area (Å²) >= 11 is 0. The molecule has 5 nitrogen and oxygen atoms in total. The molecule has 1 amide bonds. The molecule has 5 heteroatoms. The summed E-state index contributed by atoms with van der Waals surface area (Å²) < 4.78 is 5.77. The Bertz CT molecular complexity index is 1050. The zero-order valence-corrected chi connectivity index (χ0v) is 17.1. The van der Waals surface area contributed by atoms with Crippen molar-refractivity contribution in [1.29, 1.82) is 10.5 Å². The van der Waals surface area contributed by atoms with Crippen LogP contribution in [0.1, 0.15) is 41.5 Å². The number of benzene rings is 3. The topological polar surface area (TPSA) is 85.9 Å². The number of carbonyl (C=O) groups is 1. The fourth-order valence-corrected chi connectivity index (χ4v) is 3.27. The van der Waals surface area contributed by atoms with Gasteiger partial charge in [-0.25, -0.2) is 0 Å². The monoisotopic (exact) mass is 409 g/mol. The van der Waals surface area contributed by atoms with E-state index < -0.39 is 6.04 Å². The van der Waals surface area contributed by atoms with Crippen molar-refractivity contribution in [1.82, 2.24) is 5.32 Å². The average molecular weight is 409 g/mol. The van der Waals surface area contributed by atoms with Crippen LogP contribution in [0.3, 0.4) is 0 Å². The number of amides is 1. The molecule has 2 atom stereocenters. The molecule has 0 aliphatic heterocycles. The Morgan fingerprint density at radius 2 is 1.52 bits per heavy atom. The number of rotatable bonds is 9. The minimum absolute atomic E-state index is 0.147. The Labute approximate surface area is 182 Å². The van der Waals surface area contributed by atoms with Gasteiger partial charge < -0.3 is 10.1 Å². The van der Waals surface area contributed by atoms with E-state index in [1.165, 1.54) is 0 Å². The number of nitrogens with one attached hydrogen (secondary N) is 1. The molecule has 154 valence electrons. The van der Waals surface area contributed by atoms with Crippen LogP contribution in [0.4, 0.5) is 0 Å². The lowest BCUT2D eigenvalue weighted by Gasteiger charge is -2.17. The molecule has 3 rings (SSSR count). The Morgan fingerprint density at radius 1 is 0.871 bits per heavy atom. The van der Waals surface area contributed by atoms with Gasteiger partial charge >= 0.3 is 0 Å². The maximum atomic E-state index is 12.6. The van der Waals surface area contributed by atoms with Crippen molar-refractivity contribution < 1.29 is 9.53 Å². The highest BCUT2D eigenvalue weighted by molar-refractivity contribution is 5.78. The standard InChI is InChI=1S/C26H23N3O2/c27-16-15-23(21-9-5-2-6-10-21)17-26(30)29-25(18-28)22-11-13-24(14-12-22)31-19-20-7-3-1-4-8-20/h1-14,23,25H,15,17,19H2,(H,29,30)/t23-,25-/m0/s1. The second-order valence-corrected chi connectivity index (χ2v) is 7.15. The van der Waals surface area contributed by atoms with Crippen LogP contribution in [-0.4, -0.2) is 5.91 Å². The van der Waals surface area contributed by atoms with Crippen molar-refractivity contribution in [3.63, 3.8) is 0 Å². The molecule has 1 N–H and O–H groups in total. The molecule has 3 aromatic carbocycles. The predicted octanol–water partition coefficient (Wildman–Crippen LogP) is 5.03. The summed E-state index contributed by atoms with van der Waals surface area (Å²) in [7, 11) is 0. The third kappa shape index (κ3) is 6.45. The zero-order chi connectivity index (χ0) is 21.9. The molecule has 0 radical (unpaired) electrons. The van der Waals surface area contributed by atoms with Crippen LogP contribution in [0.25, 0.3) is 0 Å². The molecular weight excluding hydrogens is 386 g/mol. The van der Waals surface area contributed by atoms with Crippen LogP contribution >= 0.6 is 0 Å². The van der Waals surface area contributed by atoms with E-state index in [0.29, 0.717) is 17.9 Å². The lowest BCUT2D eigenvalue weighted by Crippen LogP contribution is -2.28.